The van der Waals surface area contributed by atoms with Crippen LogP contribution in [0.1, 0.15) is 22.5 Å². The Balaban J connectivity index is 1.59. The maximum absolute atomic E-state index is 12.6. The molecule has 0 spiro atoms. The van der Waals surface area contributed by atoms with Crippen molar-refractivity contribution in [3.8, 4) is 0 Å². The van der Waals surface area contributed by atoms with E-state index in [0.717, 1.165) is 5.56 Å². The van der Waals surface area contributed by atoms with E-state index >= 15 is 0 Å². The minimum Gasteiger partial charge on any atom is -0.451 e. The van der Waals surface area contributed by atoms with Crippen LogP contribution in [0.2, 0.25) is 0 Å². The van der Waals surface area contributed by atoms with Gasteiger partial charge in [-0.1, -0.05) is 53.7 Å². The molecule has 9 nitrogen and oxygen atoms in total. The van der Waals surface area contributed by atoms with Gasteiger partial charge < -0.3 is 15.4 Å². The van der Waals surface area contributed by atoms with Gasteiger partial charge in [-0.3, -0.25) is 9.59 Å². The van der Waals surface area contributed by atoms with Crippen LogP contribution >= 0.6 is 0 Å². The molecule has 2 N–H and O–H groups in total. The van der Waals surface area contributed by atoms with Crippen LogP contribution in [0.5, 0.6) is 0 Å². The molecule has 0 fully saturated rings. The van der Waals surface area contributed by atoms with Crippen LogP contribution in [0, 0.1) is 0 Å². The van der Waals surface area contributed by atoms with Crippen molar-refractivity contribution in [2.24, 2.45) is 5.73 Å². The number of hydrogen-bond acceptors (Lipinski definition) is 6. The lowest BCUT2D eigenvalue weighted by Crippen LogP contribution is -2.37. The number of carbonyl (C=O) groups is 3. The second-order valence-electron chi connectivity index (χ2n) is 6.46. The number of benzene rings is 2. The largest absolute Gasteiger partial charge is 0.451 e. The summed E-state index contributed by atoms with van der Waals surface area (Å²) < 4.78 is 6.61. The molecular formula is C21H21N5O4. The first kappa shape index (κ1) is 20.7. The fourth-order valence-electron chi connectivity index (χ4n) is 2.75. The van der Waals surface area contributed by atoms with E-state index in [2.05, 4.69) is 10.3 Å². The highest BCUT2D eigenvalue weighted by molar-refractivity contribution is 5.97. The van der Waals surface area contributed by atoms with E-state index in [9.17, 15) is 14.4 Å². The Labute approximate surface area is 173 Å². The average Bonchev–Trinajstić information content (AvgIpc) is 3.22. The highest BCUT2D eigenvalue weighted by atomic mass is 16.5. The van der Waals surface area contributed by atoms with Gasteiger partial charge in [0, 0.05) is 18.7 Å². The van der Waals surface area contributed by atoms with Crippen LogP contribution in [0.15, 0.2) is 66.9 Å². The van der Waals surface area contributed by atoms with E-state index in [1.54, 1.807) is 30.3 Å². The number of para-hydroxylation sites is 1. The molecule has 2 aromatic carbocycles. The second kappa shape index (κ2) is 9.97. The number of esters is 1. The van der Waals surface area contributed by atoms with Crippen molar-refractivity contribution in [2.45, 2.75) is 13.0 Å². The summed E-state index contributed by atoms with van der Waals surface area (Å²) in [5.74, 6) is -1.77. The van der Waals surface area contributed by atoms with Crippen molar-refractivity contribution in [3.05, 3.63) is 78.1 Å². The minimum atomic E-state index is -0.759. The SMILES string of the molecule is NC(=O)CCN(C(=O)COC(=O)c1cn(Cc2ccccc2)nn1)c1ccccc1. The Morgan fingerprint density at radius 3 is 2.33 bits per heavy atom. The van der Waals surface area contributed by atoms with E-state index in [1.807, 2.05) is 30.3 Å². The van der Waals surface area contributed by atoms with Crippen molar-refractivity contribution in [1.82, 2.24) is 15.0 Å². The maximum atomic E-state index is 12.6. The number of anilines is 1. The van der Waals surface area contributed by atoms with E-state index in [4.69, 9.17) is 10.5 Å². The molecule has 0 unspecified atom stereocenters. The normalized spacial score (nSPS) is 10.4. The van der Waals surface area contributed by atoms with Gasteiger partial charge in [0.25, 0.3) is 5.91 Å². The number of amides is 2. The van der Waals surface area contributed by atoms with E-state index in [0.29, 0.717) is 12.2 Å². The van der Waals surface area contributed by atoms with Crippen molar-refractivity contribution in [3.63, 3.8) is 0 Å². The van der Waals surface area contributed by atoms with Gasteiger partial charge in [-0.05, 0) is 17.7 Å². The average molecular weight is 407 g/mol. The number of carbonyl (C=O) groups excluding carboxylic acids is 3. The zero-order chi connectivity index (χ0) is 21.3. The zero-order valence-electron chi connectivity index (χ0n) is 16.2. The van der Waals surface area contributed by atoms with Gasteiger partial charge in [-0.15, -0.1) is 5.10 Å². The smallest absolute Gasteiger partial charge is 0.361 e. The van der Waals surface area contributed by atoms with Crippen LogP contribution in [0.3, 0.4) is 0 Å². The van der Waals surface area contributed by atoms with Gasteiger partial charge in [0.15, 0.2) is 12.3 Å². The third-order valence-electron chi connectivity index (χ3n) is 4.21. The fraction of sp³-hybridized carbons (Fsp3) is 0.190. The first-order chi connectivity index (χ1) is 14.5. The Bertz CT molecular complexity index is 1000. The molecule has 3 aromatic rings. The van der Waals surface area contributed by atoms with E-state index < -0.39 is 24.4 Å². The van der Waals surface area contributed by atoms with E-state index in [-0.39, 0.29) is 18.7 Å². The Kier molecular flexibility index (Phi) is 6.88. The molecule has 0 saturated heterocycles. The van der Waals surface area contributed by atoms with Crippen molar-refractivity contribution >= 4 is 23.5 Å². The summed E-state index contributed by atoms with van der Waals surface area (Å²) in [6.45, 7) is 0.0377. The predicted octanol–water partition coefficient (Wildman–Crippen LogP) is 1.39. The van der Waals surface area contributed by atoms with Crippen LogP contribution in [0.4, 0.5) is 5.69 Å². The van der Waals surface area contributed by atoms with Crippen LogP contribution in [-0.2, 0) is 20.9 Å². The molecule has 3 rings (SSSR count). The number of hydrogen-bond donors (Lipinski definition) is 1. The monoisotopic (exact) mass is 407 g/mol. The van der Waals surface area contributed by atoms with Gasteiger partial charge >= 0.3 is 5.97 Å². The summed E-state index contributed by atoms with van der Waals surface area (Å²) in [5.41, 5.74) is 6.78. The number of rotatable bonds is 9. The molecule has 30 heavy (non-hydrogen) atoms. The summed E-state index contributed by atoms with van der Waals surface area (Å²) in [7, 11) is 0. The molecule has 2 amide bonds. The van der Waals surface area contributed by atoms with Gasteiger partial charge in [-0.2, -0.15) is 0 Å². The maximum Gasteiger partial charge on any atom is 0.361 e. The first-order valence-corrected chi connectivity index (χ1v) is 9.28. The lowest BCUT2D eigenvalue weighted by Gasteiger charge is -2.22. The number of aromatic nitrogens is 3. The molecule has 9 heteroatoms. The van der Waals surface area contributed by atoms with Crippen LogP contribution in [0.25, 0.3) is 0 Å². The second-order valence-corrected chi connectivity index (χ2v) is 6.46. The third-order valence-corrected chi connectivity index (χ3v) is 4.21. The Morgan fingerprint density at radius 1 is 1.00 bits per heavy atom. The van der Waals surface area contributed by atoms with Gasteiger partial charge in [0.1, 0.15) is 0 Å². The minimum absolute atomic E-state index is 0.00197. The lowest BCUT2D eigenvalue weighted by molar-refractivity contribution is -0.121. The lowest BCUT2D eigenvalue weighted by atomic mass is 10.2. The summed E-state index contributed by atoms with van der Waals surface area (Å²) in [6.07, 6.45) is 1.45. The number of nitrogens with two attached hydrogens (primary N) is 1. The molecule has 0 atom stereocenters. The summed E-state index contributed by atoms with van der Waals surface area (Å²) in [5, 5.41) is 7.72. The van der Waals surface area contributed by atoms with Gasteiger partial charge in [0.2, 0.25) is 5.91 Å². The molecule has 0 aliphatic carbocycles. The van der Waals surface area contributed by atoms with Crippen molar-refractivity contribution in [1.29, 1.82) is 0 Å². The molecule has 1 aromatic heterocycles. The number of nitrogens with zero attached hydrogens (tertiary/aromatic N) is 4. The standard InChI is InChI=1S/C21H21N5O4/c22-19(27)11-12-26(17-9-5-2-6-10-17)20(28)15-30-21(29)18-14-25(24-23-18)13-16-7-3-1-4-8-16/h1-10,14H,11-13,15H2,(H2,22,27). The number of primary amides is 1. The molecule has 0 radical (unpaired) electrons. The molecule has 0 aliphatic rings. The fourth-order valence-corrected chi connectivity index (χ4v) is 2.75. The van der Waals surface area contributed by atoms with Crippen molar-refractivity contribution < 1.29 is 19.1 Å². The summed E-state index contributed by atoms with van der Waals surface area (Å²) in [6, 6.07) is 18.4. The summed E-state index contributed by atoms with van der Waals surface area (Å²) >= 11 is 0. The van der Waals surface area contributed by atoms with Gasteiger partial charge in [-0.25, -0.2) is 9.48 Å². The van der Waals surface area contributed by atoms with Crippen LogP contribution in [-0.4, -0.2) is 45.9 Å². The molecule has 154 valence electrons. The third kappa shape index (κ3) is 5.74. The van der Waals surface area contributed by atoms with Crippen molar-refractivity contribution in [2.75, 3.05) is 18.1 Å². The Hall–Kier alpha value is -4.01. The highest BCUT2D eigenvalue weighted by Crippen LogP contribution is 2.14. The number of ether oxygens (including phenoxy) is 1. The summed E-state index contributed by atoms with van der Waals surface area (Å²) in [4.78, 5) is 37.3. The van der Waals surface area contributed by atoms with Gasteiger partial charge in [0.05, 0.1) is 12.7 Å². The zero-order valence-corrected chi connectivity index (χ0v) is 16.2. The highest BCUT2D eigenvalue weighted by Gasteiger charge is 2.20. The molecule has 0 aliphatic heterocycles. The first-order valence-electron chi connectivity index (χ1n) is 9.28. The predicted molar refractivity (Wildman–Crippen MR) is 108 cm³/mol. The topological polar surface area (TPSA) is 120 Å². The molecule has 0 saturated carbocycles. The molecular weight excluding hydrogens is 386 g/mol. The molecule has 1 heterocycles. The van der Waals surface area contributed by atoms with E-state index in [1.165, 1.54) is 15.8 Å². The Morgan fingerprint density at radius 2 is 1.67 bits per heavy atom. The molecule has 0 bridgehead atoms. The quantitative estimate of drug-likeness (QED) is 0.535. The van der Waals surface area contributed by atoms with Crippen LogP contribution < -0.4 is 10.6 Å².